The molecule has 0 aromatic carbocycles. The zero-order chi connectivity index (χ0) is 80.1. The zero-order valence-corrected chi connectivity index (χ0v) is 69.7. The Morgan fingerprint density at radius 3 is 2.02 bits per heavy atom. The molecule has 8 saturated carbocycles. The van der Waals surface area contributed by atoms with Crippen molar-refractivity contribution < 1.29 is 58.2 Å². The number of methoxy groups -OCH3 is 2. The molecule has 19 atom stereocenters. The number of carbonyl (C=O) groups excluding carboxylic acids is 3. The van der Waals surface area contributed by atoms with Gasteiger partial charge in [-0.15, -0.1) is 10.2 Å². The minimum Gasteiger partial charge on any atom is -0.495 e. The van der Waals surface area contributed by atoms with Crippen molar-refractivity contribution in [1.29, 1.82) is 0 Å². The lowest BCUT2D eigenvalue weighted by atomic mass is 9.33. The number of ether oxygens (including phenoxy) is 4. The Balaban J connectivity index is 0.652. The maximum atomic E-state index is 14.8. The van der Waals surface area contributed by atoms with Gasteiger partial charge in [0.1, 0.15) is 35.5 Å². The molecule has 0 saturated heterocycles. The largest absolute Gasteiger partial charge is 0.495 e. The monoisotopic (exact) mass is 1530 g/mol. The van der Waals surface area contributed by atoms with Crippen molar-refractivity contribution in [3.63, 3.8) is 0 Å². The van der Waals surface area contributed by atoms with Gasteiger partial charge in [-0.1, -0.05) is 101 Å². The molecule has 10 aliphatic rings. The Hall–Kier alpha value is -6.78. The Labute approximate surface area is 657 Å². The lowest BCUT2D eigenvalue weighted by Crippen LogP contribution is -2.65. The summed E-state index contributed by atoms with van der Waals surface area (Å²) in [4.78, 5) is 87.2. The van der Waals surface area contributed by atoms with Crippen molar-refractivity contribution in [2.75, 3.05) is 27.4 Å². The molecule has 9 unspecified atom stereocenters. The van der Waals surface area contributed by atoms with Crippen LogP contribution in [0.25, 0.3) is 23.2 Å². The number of aromatic amines is 1. The number of H-pyrrole nitrogens is 1. The molecule has 0 radical (unpaired) electrons. The van der Waals surface area contributed by atoms with Crippen LogP contribution in [0.3, 0.4) is 0 Å². The number of esters is 1. The number of hydrogen-bond donors (Lipinski definition) is 5. The highest BCUT2D eigenvalue weighted by molar-refractivity contribution is 6.00. The second-order valence-corrected chi connectivity index (χ2v) is 40.6. The second kappa shape index (κ2) is 28.6. The third kappa shape index (κ3) is 12.7. The third-order valence-corrected chi connectivity index (χ3v) is 33.5. The molecule has 14 rings (SSSR count). The third-order valence-electron chi connectivity index (χ3n) is 33.5. The normalized spacial score (nSPS) is 36.1. The molecule has 111 heavy (non-hydrogen) atoms. The maximum absolute atomic E-state index is 14.8. The number of hydrogen-bond acceptors (Lipinski definition) is 18. The van der Waals surface area contributed by atoms with Crippen LogP contribution in [-0.4, -0.2) is 136 Å². The number of aliphatic hydroxyl groups is 1. The van der Waals surface area contributed by atoms with Crippen LogP contribution < -0.4 is 15.2 Å². The van der Waals surface area contributed by atoms with E-state index in [2.05, 4.69) is 115 Å². The van der Waals surface area contributed by atoms with Gasteiger partial charge in [-0.2, -0.15) is 5.10 Å². The first-order chi connectivity index (χ1) is 52.2. The van der Waals surface area contributed by atoms with E-state index in [4.69, 9.17) is 44.8 Å². The average Bonchev–Trinajstić information content (AvgIpc) is 1.67. The fourth-order valence-corrected chi connectivity index (χ4v) is 27.6. The first-order valence-corrected chi connectivity index (χ1v) is 42.1. The Kier molecular flexibility index (Phi) is 20.8. The number of fused-ring (bicyclic) bond motifs is 14. The predicted octanol–water partition coefficient (Wildman–Crippen LogP) is 15.3. The topological polar surface area (TPSA) is 320 Å². The minimum atomic E-state index is -1.65. The quantitative estimate of drug-likeness (QED) is 0.0247. The number of aldehydes is 1. The van der Waals surface area contributed by atoms with Crippen LogP contribution in [0.4, 0.5) is 0 Å². The average molecular weight is 1530 g/mol. The van der Waals surface area contributed by atoms with E-state index in [-0.39, 0.29) is 98.5 Å². The summed E-state index contributed by atoms with van der Waals surface area (Å²) in [6, 6.07) is 3.56. The van der Waals surface area contributed by atoms with E-state index >= 15 is 0 Å². The summed E-state index contributed by atoms with van der Waals surface area (Å²) in [5.41, 5.74) is 7.78. The highest BCUT2D eigenvalue weighted by Gasteiger charge is 2.72. The van der Waals surface area contributed by atoms with E-state index in [1.807, 2.05) is 0 Å². The molecule has 22 heteroatoms. The number of ketones is 1. The fourth-order valence-electron chi connectivity index (χ4n) is 27.6. The van der Waals surface area contributed by atoms with E-state index in [1.54, 1.807) is 52.4 Å². The van der Waals surface area contributed by atoms with Gasteiger partial charge in [-0.05, 0) is 239 Å². The van der Waals surface area contributed by atoms with Gasteiger partial charge in [0.2, 0.25) is 5.82 Å². The number of Topliss-reactive ketones (excluding diaryl/α,β-unsaturated/α-hetero) is 1. The Morgan fingerprint density at radius 2 is 1.35 bits per heavy atom. The fraction of sp³-hybridized carbons (Fsp3) is 0.753. The number of carbonyl (C=O) groups is 5. The number of aliphatic carboxylic acids is 2. The Bertz CT molecular complexity index is 4350. The number of nitrogens with zero attached hydrogens (tertiary/aromatic N) is 8. The van der Waals surface area contributed by atoms with Crippen LogP contribution in [-0.2, 0) is 59.3 Å². The van der Waals surface area contributed by atoms with Crippen LogP contribution in [0, 0.1) is 119 Å². The van der Waals surface area contributed by atoms with Crippen LogP contribution in [0.1, 0.15) is 250 Å². The van der Waals surface area contributed by atoms with Crippen molar-refractivity contribution in [2.24, 2.45) is 124 Å². The molecule has 10 aliphatic carbocycles. The minimum absolute atomic E-state index is 0.0155. The number of allylic oxidation sites excluding steroid dienone is 3. The number of aromatic nitrogens is 9. The number of nitrogens with one attached hydrogen (secondary N) is 1. The van der Waals surface area contributed by atoms with Gasteiger partial charge in [-0.3, -0.25) is 24.3 Å². The van der Waals surface area contributed by atoms with E-state index in [9.17, 15) is 39.3 Å². The number of aliphatic hydroxyl groups excluding tert-OH is 1. The van der Waals surface area contributed by atoms with Gasteiger partial charge in [0, 0.05) is 55.0 Å². The van der Waals surface area contributed by atoms with Crippen LogP contribution in [0.5, 0.6) is 11.5 Å². The molecule has 0 amide bonds. The smallest absolute Gasteiger partial charge is 0.310 e. The van der Waals surface area contributed by atoms with Crippen molar-refractivity contribution in [3.05, 3.63) is 64.2 Å². The molecule has 606 valence electrons. The molecule has 6 N–H and O–H groups in total. The van der Waals surface area contributed by atoms with Gasteiger partial charge in [-0.25, -0.2) is 19.9 Å². The summed E-state index contributed by atoms with van der Waals surface area (Å²) in [6.45, 7) is 36.4. The number of rotatable bonds is 24. The lowest BCUT2D eigenvalue weighted by Gasteiger charge is -2.72. The molecule has 4 aromatic heterocycles. The van der Waals surface area contributed by atoms with Crippen molar-refractivity contribution >= 4 is 30.0 Å². The van der Waals surface area contributed by atoms with Crippen LogP contribution in [0.2, 0.25) is 0 Å². The van der Waals surface area contributed by atoms with Gasteiger partial charge in [0.15, 0.2) is 23.2 Å². The van der Waals surface area contributed by atoms with E-state index in [0.717, 1.165) is 120 Å². The zero-order valence-electron chi connectivity index (χ0n) is 69.7. The van der Waals surface area contributed by atoms with Crippen LogP contribution >= 0.6 is 0 Å². The van der Waals surface area contributed by atoms with Crippen LogP contribution in [0.15, 0.2) is 46.8 Å². The molecule has 0 aliphatic heterocycles. The van der Waals surface area contributed by atoms with Crippen molar-refractivity contribution in [2.45, 2.75) is 277 Å². The summed E-state index contributed by atoms with van der Waals surface area (Å²) in [7, 11) is 3.13. The summed E-state index contributed by atoms with van der Waals surface area (Å²) >= 11 is 0. The molecular formula is C89H128N10O12. The van der Waals surface area contributed by atoms with E-state index in [1.165, 1.54) is 23.8 Å². The highest BCUT2D eigenvalue weighted by Crippen LogP contribution is 2.78. The molecule has 4 heterocycles. The van der Waals surface area contributed by atoms with Gasteiger partial charge < -0.3 is 49.4 Å². The van der Waals surface area contributed by atoms with Gasteiger partial charge in [0.05, 0.1) is 74.3 Å². The SMILES string of the molecule is COc1cnc(-c2nnc(CC34CC[C@@]5(C)C6CCC7C(C)(C)[C@@H](OCC(C=O)C(C)(Cc8nc(-c9n[nH]c(C[C@@]%10%11CC[C@]%12(C)[C@H](CCC%13[C@@]%14(C)CC[C@H](OC(=O)CC(C)(C)C(=O)O)C(C)(C)C%14CC[C@]%13%12C)C%10=C(C(C)C)C(=O)C%11)n9)ccc8OC)C(=O)O)CC[C@]7(C)C6CC[C@@H]5C3=C(C(C)C)C(O)C4)n2CCN)nc1. The Morgan fingerprint density at radius 1 is 0.694 bits per heavy atom. The van der Waals surface area contributed by atoms with E-state index in [0.29, 0.717) is 120 Å². The first kappa shape index (κ1) is 80.8. The summed E-state index contributed by atoms with van der Waals surface area (Å²) < 4.78 is 26.7. The number of carboxylic acid groups (broad SMARTS) is 2. The summed E-state index contributed by atoms with van der Waals surface area (Å²) in [6.07, 6.45) is 20.4. The molecule has 0 bridgehead atoms. The van der Waals surface area contributed by atoms with E-state index < -0.39 is 46.2 Å². The first-order valence-electron chi connectivity index (χ1n) is 42.1. The van der Waals surface area contributed by atoms with Crippen molar-refractivity contribution in [3.8, 4) is 34.7 Å². The number of carboxylic acids is 2. The second-order valence-electron chi connectivity index (χ2n) is 40.6. The molecule has 4 aromatic rings. The number of pyridine rings is 1. The predicted molar refractivity (Wildman–Crippen MR) is 420 cm³/mol. The molecule has 8 fully saturated rings. The number of nitrogens with two attached hydrogens (primary N) is 1. The highest BCUT2D eigenvalue weighted by atomic mass is 16.5. The van der Waals surface area contributed by atoms with Crippen molar-refractivity contribution in [1.82, 2.24) is 44.9 Å². The molecular weight excluding hydrogens is 1400 g/mol. The maximum Gasteiger partial charge on any atom is 0.310 e. The summed E-state index contributed by atoms with van der Waals surface area (Å²) in [5.74, 6) is 3.16. The van der Waals surface area contributed by atoms with Gasteiger partial charge >= 0.3 is 17.9 Å². The summed E-state index contributed by atoms with van der Waals surface area (Å²) in [5, 5.41) is 51.1. The molecule has 22 nitrogen and oxygen atoms in total. The molecule has 0 spiro atoms. The lowest BCUT2D eigenvalue weighted by molar-refractivity contribution is -0.233. The van der Waals surface area contributed by atoms with Gasteiger partial charge in [0.25, 0.3) is 0 Å². The standard InChI is InChI=1S/C89H128N10O12/c1-49(2)70-60(102)41-89(43-68-96-98-76(99(68)38-37-90)75-91-45-52(108-17)46-92-75)35-33-82(11)53-21-25-62-80(7,8)65(28-30-83(62,12)54(53)19-20-55(82)72(70)89)110-48-51(47-100)85(14,78(106)107)39-58-61(109-18)24-23-57(93-58)74-94-67(95-97-74)42-88-36-34-86(15)56(73(88)71(50(3)4)59(101)40-88)22-26-64-84(13)31-29-66(111-69(103)44-79(5,6)77(104)105)81(9,10)63(84)27-32-87(64,86)16/h23-24,45-47,49-51,53-56,60,62-66,102H,19-22,25-44,48,90H2,1-18H3,(H,104,105)(H,106,107)(H,94,95,97)/t51?,53?,54?,55-,56-,60?,62?,63?,64?,65+,66+,82+,83-,84+,85?,86-,87-,88+,89?/m1/s1.